The summed E-state index contributed by atoms with van der Waals surface area (Å²) >= 11 is 0. The second-order valence-corrected chi connectivity index (χ2v) is 3.77. The standard InChI is InChI=1S/C12H9F3O2/c13-12(14,15)10-3-1-8(2-4-10)7-9-5-6-17-11(9)16/h1-6,9H,7H2. The number of hydrogen-bond acceptors (Lipinski definition) is 2. The molecule has 1 aromatic carbocycles. The van der Waals surface area contributed by atoms with Crippen LogP contribution in [0, 0.1) is 5.92 Å². The Bertz CT molecular complexity index is 446. The zero-order chi connectivity index (χ0) is 12.5. The lowest BCUT2D eigenvalue weighted by Gasteiger charge is -2.08. The van der Waals surface area contributed by atoms with Gasteiger partial charge in [-0.2, -0.15) is 13.2 Å². The fraction of sp³-hybridized carbons (Fsp3) is 0.250. The van der Waals surface area contributed by atoms with Gasteiger partial charge in [-0.05, 0) is 30.2 Å². The maximum Gasteiger partial charge on any atom is 0.416 e. The van der Waals surface area contributed by atoms with Crippen LogP contribution >= 0.6 is 0 Å². The summed E-state index contributed by atoms with van der Waals surface area (Å²) in [5.41, 5.74) is -0.0164. The van der Waals surface area contributed by atoms with E-state index in [1.165, 1.54) is 18.4 Å². The summed E-state index contributed by atoms with van der Waals surface area (Å²) in [6, 6.07) is 4.78. The Kier molecular flexibility index (Phi) is 2.92. The van der Waals surface area contributed by atoms with Crippen molar-refractivity contribution in [1.82, 2.24) is 0 Å². The third-order valence-corrected chi connectivity index (χ3v) is 2.53. The molecule has 1 aliphatic rings. The van der Waals surface area contributed by atoms with Crippen LogP contribution < -0.4 is 0 Å². The van der Waals surface area contributed by atoms with E-state index in [9.17, 15) is 18.0 Å². The van der Waals surface area contributed by atoms with Crippen molar-refractivity contribution in [2.75, 3.05) is 0 Å². The molecule has 17 heavy (non-hydrogen) atoms. The molecule has 1 atom stereocenters. The van der Waals surface area contributed by atoms with Crippen molar-refractivity contribution in [3.63, 3.8) is 0 Å². The maximum atomic E-state index is 12.3. The molecule has 0 radical (unpaired) electrons. The molecule has 0 N–H and O–H groups in total. The van der Waals surface area contributed by atoms with Crippen molar-refractivity contribution < 1.29 is 22.7 Å². The van der Waals surface area contributed by atoms with Crippen LogP contribution in [0.3, 0.4) is 0 Å². The van der Waals surface area contributed by atoms with Gasteiger partial charge in [0.1, 0.15) is 0 Å². The minimum atomic E-state index is -4.33. The predicted octanol–water partition coefficient (Wildman–Crippen LogP) is 2.93. The number of hydrogen-bond donors (Lipinski definition) is 0. The number of alkyl halides is 3. The van der Waals surface area contributed by atoms with Crippen molar-refractivity contribution in [2.45, 2.75) is 12.6 Å². The van der Waals surface area contributed by atoms with E-state index in [1.807, 2.05) is 0 Å². The van der Waals surface area contributed by atoms with Gasteiger partial charge in [0.25, 0.3) is 0 Å². The zero-order valence-corrected chi connectivity index (χ0v) is 8.70. The normalized spacial score (nSPS) is 19.5. The van der Waals surface area contributed by atoms with E-state index in [-0.39, 0.29) is 5.97 Å². The molecule has 0 aromatic heterocycles. The lowest BCUT2D eigenvalue weighted by Crippen LogP contribution is -2.11. The summed E-state index contributed by atoms with van der Waals surface area (Å²) in [5.74, 6) is -0.767. The van der Waals surface area contributed by atoms with E-state index in [0.29, 0.717) is 12.0 Å². The number of carbonyl (C=O) groups excluding carboxylic acids is 1. The molecule has 1 unspecified atom stereocenters. The molecule has 2 nitrogen and oxygen atoms in total. The van der Waals surface area contributed by atoms with Crippen molar-refractivity contribution in [3.05, 3.63) is 47.7 Å². The second-order valence-electron chi connectivity index (χ2n) is 3.77. The molecule has 0 spiro atoms. The van der Waals surface area contributed by atoms with Crippen LogP contribution in [0.2, 0.25) is 0 Å². The summed E-state index contributed by atoms with van der Waals surface area (Å²) in [6.45, 7) is 0. The molecule has 1 aromatic rings. The third kappa shape index (κ3) is 2.67. The molecule has 2 rings (SSSR count). The Balaban J connectivity index is 2.08. The summed E-state index contributed by atoms with van der Waals surface area (Å²) in [4.78, 5) is 11.1. The average Bonchev–Trinajstić information content (AvgIpc) is 2.64. The molecule has 0 saturated heterocycles. The van der Waals surface area contributed by atoms with Gasteiger partial charge in [0.15, 0.2) is 0 Å². The van der Waals surface area contributed by atoms with Crippen molar-refractivity contribution in [3.8, 4) is 0 Å². The first-order chi connectivity index (χ1) is 7.97. The summed E-state index contributed by atoms with van der Waals surface area (Å²) < 4.78 is 41.5. The highest BCUT2D eigenvalue weighted by molar-refractivity contribution is 5.77. The first-order valence-corrected chi connectivity index (χ1v) is 5.00. The summed E-state index contributed by atoms with van der Waals surface area (Å²) in [6.07, 6.45) is -1.07. The Hall–Kier alpha value is -1.78. The van der Waals surface area contributed by atoms with Crippen LogP contribution in [0.15, 0.2) is 36.6 Å². The number of carbonyl (C=O) groups is 1. The van der Waals surface area contributed by atoms with Gasteiger partial charge in [-0.1, -0.05) is 12.1 Å². The van der Waals surface area contributed by atoms with Gasteiger partial charge in [-0.25, -0.2) is 0 Å². The second kappa shape index (κ2) is 4.24. The van der Waals surface area contributed by atoms with E-state index in [2.05, 4.69) is 4.74 Å². The van der Waals surface area contributed by atoms with Gasteiger partial charge >= 0.3 is 12.1 Å². The maximum absolute atomic E-state index is 12.3. The largest absolute Gasteiger partial charge is 0.434 e. The highest BCUT2D eigenvalue weighted by Gasteiger charge is 2.30. The highest BCUT2D eigenvalue weighted by atomic mass is 19.4. The number of halogens is 3. The Morgan fingerprint density at radius 1 is 1.18 bits per heavy atom. The number of esters is 1. The highest BCUT2D eigenvalue weighted by Crippen LogP contribution is 2.29. The van der Waals surface area contributed by atoms with Crippen LogP contribution in [0.5, 0.6) is 0 Å². The number of cyclic esters (lactones) is 1. The van der Waals surface area contributed by atoms with Crippen LogP contribution in [-0.4, -0.2) is 5.97 Å². The van der Waals surface area contributed by atoms with Gasteiger partial charge in [0.2, 0.25) is 0 Å². The minimum Gasteiger partial charge on any atom is -0.434 e. The van der Waals surface area contributed by atoms with Crippen LogP contribution in [-0.2, 0) is 22.1 Å². The molecule has 1 heterocycles. The molecule has 0 aliphatic carbocycles. The van der Waals surface area contributed by atoms with Crippen LogP contribution in [0.4, 0.5) is 13.2 Å². The van der Waals surface area contributed by atoms with Crippen LogP contribution in [0.1, 0.15) is 11.1 Å². The molecule has 0 saturated carbocycles. The number of ether oxygens (including phenoxy) is 1. The summed E-state index contributed by atoms with van der Waals surface area (Å²) in [7, 11) is 0. The molecule has 1 aliphatic heterocycles. The van der Waals surface area contributed by atoms with E-state index in [1.54, 1.807) is 6.08 Å². The zero-order valence-electron chi connectivity index (χ0n) is 8.70. The van der Waals surface area contributed by atoms with E-state index in [0.717, 1.165) is 12.1 Å². The lowest BCUT2D eigenvalue weighted by molar-refractivity contribution is -0.139. The van der Waals surface area contributed by atoms with Crippen LogP contribution in [0.25, 0.3) is 0 Å². The third-order valence-electron chi connectivity index (χ3n) is 2.53. The molecule has 0 amide bonds. The molecule has 5 heteroatoms. The Morgan fingerprint density at radius 2 is 1.82 bits per heavy atom. The van der Waals surface area contributed by atoms with Crippen molar-refractivity contribution >= 4 is 5.97 Å². The van der Waals surface area contributed by atoms with Gasteiger partial charge < -0.3 is 4.74 Å². The smallest absolute Gasteiger partial charge is 0.416 e. The van der Waals surface area contributed by atoms with Gasteiger partial charge in [0, 0.05) is 0 Å². The summed E-state index contributed by atoms with van der Waals surface area (Å²) in [5, 5.41) is 0. The van der Waals surface area contributed by atoms with Gasteiger partial charge in [-0.3, -0.25) is 4.79 Å². The van der Waals surface area contributed by atoms with Crippen molar-refractivity contribution in [1.29, 1.82) is 0 Å². The first-order valence-electron chi connectivity index (χ1n) is 5.00. The Morgan fingerprint density at radius 3 is 2.29 bits per heavy atom. The van der Waals surface area contributed by atoms with Gasteiger partial charge in [0.05, 0.1) is 17.7 Å². The molecule has 90 valence electrons. The molecular weight excluding hydrogens is 233 g/mol. The van der Waals surface area contributed by atoms with Gasteiger partial charge in [-0.15, -0.1) is 0 Å². The topological polar surface area (TPSA) is 26.3 Å². The van der Waals surface area contributed by atoms with E-state index in [4.69, 9.17) is 0 Å². The quantitative estimate of drug-likeness (QED) is 0.745. The molecule has 0 bridgehead atoms. The average molecular weight is 242 g/mol. The van der Waals surface area contributed by atoms with E-state index >= 15 is 0 Å². The molecule has 0 fully saturated rings. The number of rotatable bonds is 2. The van der Waals surface area contributed by atoms with Crippen molar-refractivity contribution in [2.24, 2.45) is 5.92 Å². The lowest BCUT2D eigenvalue weighted by atomic mass is 9.99. The fourth-order valence-electron chi connectivity index (χ4n) is 1.60. The monoisotopic (exact) mass is 242 g/mol. The predicted molar refractivity (Wildman–Crippen MR) is 53.9 cm³/mol. The number of benzene rings is 1. The van der Waals surface area contributed by atoms with E-state index < -0.39 is 17.7 Å². The molecular formula is C12H9F3O2. The first kappa shape index (κ1) is 11.7. The SMILES string of the molecule is O=C1OC=CC1Cc1ccc(C(F)(F)F)cc1. The fourth-order valence-corrected chi connectivity index (χ4v) is 1.60. The minimum absolute atomic E-state index is 0.355. The Labute approximate surface area is 95.7 Å².